The molecule has 11 heteroatoms. The van der Waals surface area contributed by atoms with E-state index >= 15 is 0 Å². The SMILES string of the molecule is [B]Cc1cc(C[B])c(OC(=O)C2CCCCC2C(=O)OCCS(=O)(=O)O)c(C[B])c1. The van der Waals surface area contributed by atoms with Crippen molar-refractivity contribution < 1.29 is 32.0 Å². The summed E-state index contributed by atoms with van der Waals surface area (Å²) in [7, 11) is 13.0. The van der Waals surface area contributed by atoms with Crippen molar-refractivity contribution in [2.45, 2.75) is 44.6 Å². The molecule has 0 amide bonds. The van der Waals surface area contributed by atoms with E-state index in [9.17, 15) is 18.0 Å². The van der Waals surface area contributed by atoms with E-state index in [4.69, 9.17) is 37.6 Å². The normalized spacial score (nSPS) is 19.2. The van der Waals surface area contributed by atoms with Gasteiger partial charge in [0.25, 0.3) is 10.1 Å². The topological polar surface area (TPSA) is 107 Å². The Balaban J connectivity index is 2.17. The molecule has 0 spiro atoms. The van der Waals surface area contributed by atoms with Crippen LogP contribution >= 0.6 is 0 Å². The monoisotopic (exact) mass is 428 g/mol. The van der Waals surface area contributed by atoms with Gasteiger partial charge in [-0.2, -0.15) is 8.42 Å². The van der Waals surface area contributed by atoms with Crippen LogP contribution in [0.5, 0.6) is 5.75 Å². The van der Waals surface area contributed by atoms with E-state index in [1.54, 1.807) is 12.1 Å². The number of hydrogen-bond acceptors (Lipinski definition) is 6. The molecule has 2 rings (SSSR count). The van der Waals surface area contributed by atoms with Crippen molar-refractivity contribution in [2.75, 3.05) is 12.4 Å². The van der Waals surface area contributed by atoms with Gasteiger partial charge in [0.05, 0.1) is 35.4 Å². The summed E-state index contributed by atoms with van der Waals surface area (Å²) in [6.45, 7) is -0.481. The van der Waals surface area contributed by atoms with E-state index in [1.165, 1.54) is 0 Å². The minimum Gasteiger partial charge on any atom is -0.464 e. The standard InChI is InChI=1S/C19H23B3O7S/c20-9-12-7-13(10-21)17(14(8-12)11-22)29-19(24)16-4-2-1-3-15(16)18(23)28-5-6-30(25,26)27/h7-8,15-16H,1-6,9-11H2,(H,25,26,27). The molecule has 0 aromatic heterocycles. The fraction of sp³-hybridized carbons (Fsp3) is 0.579. The lowest BCUT2D eigenvalue weighted by Gasteiger charge is -2.28. The van der Waals surface area contributed by atoms with Gasteiger partial charge in [-0.1, -0.05) is 49.5 Å². The van der Waals surface area contributed by atoms with Crippen molar-refractivity contribution >= 4 is 45.6 Å². The Kier molecular flexibility index (Phi) is 9.03. The zero-order chi connectivity index (χ0) is 22.3. The molecule has 0 heterocycles. The number of ether oxygens (including phenoxy) is 2. The van der Waals surface area contributed by atoms with Crippen molar-refractivity contribution in [1.82, 2.24) is 0 Å². The van der Waals surface area contributed by atoms with E-state index in [0.29, 0.717) is 24.0 Å². The molecule has 1 aromatic rings. The van der Waals surface area contributed by atoms with Gasteiger partial charge >= 0.3 is 11.9 Å². The van der Waals surface area contributed by atoms with Gasteiger partial charge in [-0.15, -0.1) is 0 Å². The second-order valence-electron chi connectivity index (χ2n) is 7.23. The van der Waals surface area contributed by atoms with Crippen LogP contribution < -0.4 is 4.74 Å². The molecule has 2 unspecified atom stereocenters. The maximum atomic E-state index is 12.9. The minimum absolute atomic E-state index is 0.120. The molecular weight excluding hydrogens is 405 g/mol. The lowest BCUT2D eigenvalue weighted by atomic mass is 9.79. The molecule has 1 saturated carbocycles. The Bertz CT molecular complexity index is 848. The first kappa shape index (κ1) is 24.5. The zero-order valence-electron chi connectivity index (χ0n) is 16.7. The Morgan fingerprint density at radius 3 is 1.97 bits per heavy atom. The second-order valence-corrected chi connectivity index (χ2v) is 8.80. The van der Waals surface area contributed by atoms with Crippen LogP contribution in [0.15, 0.2) is 12.1 Å². The van der Waals surface area contributed by atoms with Gasteiger partial charge in [0.2, 0.25) is 0 Å². The van der Waals surface area contributed by atoms with Crippen molar-refractivity contribution in [3.8, 4) is 5.75 Å². The highest BCUT2D eigenvalue weighted by molar-refractivity contribution is 7.85. The molecule has 1 N–H and O–H groups in total. The Hall–Kier alpha value is -1.74. The third-order valence-corrected chi connectivity index (χ3v) is 5.82. The van der Waals surface area contributed by atoms with Crippen LogP contribution in [0.3, 0.4) is 0 Å². The molecular formula is C19H23B3O7S. The average molecular weight is 428 g/mol. The molecule has 6 radical (unpaired) electrons. The molecule has 1 fully saturated rings. The highest BCUT2D eigenvalue weighted by Crippen LogP contribution is 2.34. The molecule has 30 heavy (non-hydrogen) atoms. The van der Waals surface area contributed by atoms with E-state index in [0.717, 1.165) is 18.4 Å². The molecule has 0 saturated heterocycles. The lowest BCUT2D eigenvalue weighted by molar-refractivity contribution is -0.158. The number of esters is 2. The first-order valence-electron chi connectivity index (χ1n) is 9.78. The van der Waals surface area contributed by atoms with Crippen LogP contribution in [0, 0.1) is 11.8 Å². The molecule has 7 nitrogen and oxygen atoms in total. The predicted octanol–water partition coefficient (Wildman–Crippen LogP) is 0.835. The number of benzene rings is 1. The summed E-state index contributed by atoms with van der Waals surface area (Å²) >= 11 is 0. The Morgan fingerprint density at radius 1 is 0.967 bits per heavy atom. The van der Waals surface area contributed by atoms with Gasteiger partial charge in [-0.3, -0.25) is 14.1 Å². The average Bonchev–Trinajstić information content (AvgIpc) is 2.72. The summed E-state index contributed by atoms with van der Waals surface area (Å²) in [5.41, 5.74) is 2.00. The van der Waals surface area contributed by atoms with Crippen LogP contribution in [-0.2, 0) is 43.4 Å². The first-order chi connectivity index (χ1) is 14.2. The Morgan fingerprint density at radius 2 is 1.50 bits per heavy atom. The van der Waals surface area contributed by atoms with Gasteiger partial charge in [0.1, 0.15) is 18.1 Å². The van der Waals surface area contributed by atoms with Crippen molar-refractivity contribution in [2.24, 2.45) is 11.8 Å². The van der Waals surface area contributed by atoms with Crippen LogP contribution in [0.2, 0.25) is 0 Å². The number of hydrogen-bond donors (Lipinski definition) is 1. The van der Waals surface area contributed by atoms with Gasteiger partial charge in [-0.25, -0.2) is 0 Å². The quantitative estimate of drug-likeness (QED) is 0.269. The van der Waals surface area contributed by atoms with Gasteiger partial charge in [0, 0.05) is 0 Å². The van der Waals surface area contributed by atoms with Gasteiger partial charge in [-0.05, 0) is 24.0 Å². The van der Waals surface area contributed by atoms with Crippen LogP contribution in [0.1, 0.15) is 42.4 Å². The summed E-state index contributed by atoms with van der Waals surface area (Å²) in [6, 6.07) is 3.51. The second kappa shape index (κ2) is 11.0. The third kappa shape index (κ3) is 6.64. The summed E-state index contributed by atoms with van der Waals surface area (Å²) in [5, 5.41) is 0. The smallest absolute Gasteiger partial charge is 0.315 e. The highest BCUT2D eigenvalue weighted by atomic mass is 32.2. The van der Waals surface area contributed by atoms with Crippen molar-refractivity contribution in [1.29, 1.82) is 0 Å². The van der Waals surface area contributed by atoms with E-state index < -0.39 is 46.3 Å². The van der Waals surface area contributed by atoms with E-state index in [2.05, 4.69) is 0 Å². The molecule has 0 bridgehead atoms. The fourth-order valence-corrected chi connectivity index (χ4v) is 3.90. The van der Waals surface area contributed by atoms with Crippen LogP contribution in [0.25, 0.3) is 0 Å². The highest BCUT2D eigenvalue weighted by Gasteiger charge is 2.38. The molecule has 156 valence electrons. The maximum Gasteiger partial charge on any atom is 0.315 e. The molecule has 0 aliphatic heterocycles. The van der Waals surface area contributed by atoms with Crippen LogP contribution in [-0.4, -0.2) is 60.8 Å². The van der Waals surface area contributed by atoms with Crippen molar-refractivity contribution in [3.05, 3.63) is 28.8 Å². The largest absolute Gasteiger partial charge is 0.464 e. The van der Waals surface area contributed by atoms with E-state index in [1.807, 2.05) is 0 Å². The minimum atomic E-state index is -4.24. The van der Waals surface area contributed by atoms with Crippen molar-refractivity contribution in [3.63, 3.8) is 0 Å². The summed E-state index contributed by atoms with van der Waals surface area (Å²) < 4.78 is 41.0. The summed E-state index contributed by atoms with van der Waals surface area (Å²) in [5.74, 6) is -3.17. The molecule has 2 atom stereocenters. The maximum absolute atomic E-state index is 12.9. The molecule has 1 aliphatic rings. The molecule has 1 aliphatic carbocycles. The van der Waals surface area contributed by atoms with Crippen LogP contribution in [0.4, 0.5) is 0 Å². The number of carbonyl (C=O) groups excluding carboxylic acids is 2. The third-order valence-electron chi connectivity index (χ3n) is 5.14. The zero-order valence-corrected chi connectivity index (χ0v) is 17.5. The number of carbonyl (C=O) groups is 2. The number of rotatable bonds is 9. The lowest BCUT2D eigenvalue weighted by Crippen LogP contribution is -2.37. The van der Waals surface area contributed by atoms with E-state index in [-0.39, 0.29) is 24.7 Å². The summed E-state index contributed by atoms with van der Waals surface area (Å²) in [4.78, 5) is 25.4. The van der Waals surface area contributed by atoms with Gasteiger partial charge in [0.15, 0.2) is 0 Å². The first-order valence-corrected chi connectivity index (χ1v) is 11.4. The summed E-state index contributed by atoms with van der Waals surface area (Å²) in [6.07, 6.45) is 2.86. The Labute approximate surface area is 181 Å². The molecule has 1 aromatic carbocycles. The fourth-order valence-electron chi connectivity index (χ4n) is 3.60. The predicted molar refractivity (Wildman–Crippen MR) is 113 cm³/mol. The van der Waals surface area contributed by atoms with Gasteiger partial charge < -0.3 is 9.47 Å².